The van der Waals surface area contributed by atoms with E-state index < -0.39 is 0 Å². The first-order chi connectivity index (χ1) is 7.72. The van der Waals surface area contributed by atoms with Crippen LogP contribution in [-0.2, 0) is 0 Å². The van der Waals surface area contributed by atoms with E-state index in [1.165, 1.54) is 6.20 Å². The molecule has 0 radical (unpaired) electrons. The Morgan fingerprint density at radius 3 is 2.81 bits per heavy atom. The highest BCUT2D eigenvalue weighted by Gasteiger charge is 2.14. The average molecular weight is 234 g/mol. The van der Waals surface area contributed by atoms with E-state index in [4.69, 9.17) is 4.74 Å². The molecule has 0 fully saturated rings. The van der Waals surface area contributed by atoms with Gasteiger partial charge in [0.25, 0.3) is 0 Å². The molecule has 0 aliphatic rings. The molecule has 0 aliphatic carbocycles. The molecule has 5 heteroatoms. The monoisotopic (exact) mass is 234 g/mol. The highest BCUT2D eigenvalue weighted by Crippen LogP contribution is 2.20. The molecule has 2 rings (SSSR count). The van der Waals surface area contributed by atoms with Crippen LogP contribution in [0, 0.1) is 6.92 Å². The molecule has 0 amide bonds. The zero-order valence-corrected chi connectivity index (χ0v) is 9.75. The lowest BCUT2D eigenvalue weighted by atomic mass is 10.0. The van der Waals surface area contributed by atoms with Gasteiger partial charge in [-0.15, -0.1) is 5.10 Å². The fourth-order valence-corrected chi connectivity index (χ4v) is 1.89. The van der Waals surface area contributed by atoms with Crippen LogP contribution in [0.15, 0.2) is 24.4 Å². The number of carbonyl (C=O) groups excluding carboxylic acids is 1. The SMILES string of the molecule is COc1ccc(C(=O)c2cnns2)c(C)c1. The van der Waals surface area contributed by atoms with Crippen LogP contribution in [-0.4, -0.2) is 22.5 Å². The van der Waals surface area contributed by atoms with E-state index in [9.17, 15) is 4.79 Å². The zero-order chi connectivity index (χ0) is 11.5. The minimum atomic E-state index is -0.0462. The Bertz CT molecular complexity index is 509. The lowest BCUT2D eigenvalue weighted by Crippen LogP contribution is -2.01. The van der Waals surface area contributed by atoms with Crippen molar-refractivity contribution < 1.29 is 9.53 Å². The van der Waals surface area contributed by atoms with Crippen LogP contribution >= 0.6 is 11.5 Å². The first kappa shape index (κ1) is 10.8. The minimum absolute atomic E-state index is 0.0462. The van der Waals surface area contributed by atoms with Crippen LogP contribution in [0.5, 0.6) is 5.75 Å². The van der Waals surface area contributed by atoms with Gasteiger partial charge < -0.3 is 4.74 Å². The molecule has 1 heterocycles. The second-order valence-electron chi connectivity index (χ2n) is 3.29. The maximum atomic E-state index is 12.0. The molecule has 0 unspecified atom stereocenters. The van der Waals surface area contributed by atoms with Gasteiger partial charge in [-0.3, -0.25) is 4.79 Å². The first-order valence-corrected chi connectivity index (χ1v) is 5.46. The fourth-order valence-electron chi connectivity index (χ4n) is 1.42. The summed E-state index contributed by atoms with van der Waals surface area (Å²) in [6, 6.07) is 5.37. The van der Waals surface area contributed by atoms with Gasteiger partial charge in [0.05, 0.1) is 13.3 Å². The van der Waals surface area contributed by atoms with Crippen LogP contribution in [0.25, 0.3) is 0 Å². The molecule has 0 bridgehead atoms. The third kappa shape index (κ3) is 1.94. The molecular weight excluding hydrogens is 224 g/mol. The molecule has 4 nitrogen and oxygen atoms in total. The van der Waals surface area contributed by atoms with Gasteiger partial charge >= 0.3 is 0 Å². The van der Waals surface area contributed by atoms with E-state index in [1.54, 1.807) is 19.2 Å². The van der Waals surface area contributed by atoms with E-state index in [1.807, 2.05) is 13.0 Å². The first-order valence-electron chi connectivity index (χ1n) is 4.69. The number of aryl methyl sites for hydroxylation is 1. The van der Waals surface area contributed by atoms with Gasteiger partial charge in [-0.05, 0) is 42.2 Å². The van der Waals surface area contributed by atoms with Crippen molar-refractivity contribution in [2.45, 2.75) is 6.92 Å². The molecule has 0 N–H and O–H groups in total. The highest BCUT2D eigenvalue weighted by molar-refractivity contribution is 7.08. The van der Waals surface area contributed by atoms with E-state index in [-0.39, 0.29) is 5.78 Å². The summed E-state index contributed by atoms with van der Waals surface area (Å²) in [7, 11) is 1.60. The largest absolute Gasteiger partial charge is 0.497 e. The van der Waals surface area contributed by atoms with E-state index >= 15 is 0 Å². The van der Waals surface area contributed by atoms with Gasteiger partial charge in [0.1, 0.15) is 10.6 Å². The number of hydrogen-bond acceptors (Lipinski definition) is 5. The predicted molar refractivity (Wildman–Crippen MR) is 61.1 cm³/mol. The fraction of sp³-hybridized carbons (Fsp3) is 0.182. The molecule has 1 aromatic carbocycles. The van der Waals surface area contributed by atoms with E-state index in [0.29, 0.717) is 10.4 Å². The van der Waals surface area contributed by atoms with Crippen molar-refractivity contribution in [3.05, 3.63) is 40.4 Å². The number of aromatic nitrogens is 2. The number of methoxy groups -OCH3 is 1. The smallest absolute Gasteiger partial charge is 0.206 e. The zero-order valence-electron chi connectivity index (χ0n) is 8.93. The third-order valence-corrected chi connectivity index (χ3v) is 2.93. The number of benzene rings is 1. The molecule has 0 spiro atoms. The standard InChI is InChI=1S/C11H10N2O2S/c1-7-5-8(15-2)3-4-9(7)11(14)10-6-12-13-16-10/h3-6H,1-2H3. The third-order valence-electron chi connectivity index (χ3n) is 2.26. The number of carbonyl (C=O) groups is 1. The summed E-state index contributed by atoms with van der Waals surface area (Å²) in [5.74, 6) is 0.701. The number of ether oxygens (including phenoxy) is 1. The molecule has 16 heavy (non-hydrogen) atoms. The number of nitrogens with zero attached hydrogens (tertiary/aromatic N) is 2. The van der Waals surface area contributed by atoms with Gasteiger partial charge in [-0.2, -0.15) is 0 Å². The summed E-state index contributed by atoms with van der Waals surface area (Å²) >= 11 is 1.10. The van der Waals surface area contributed by atoms with Crippen molar-refractivity contribution in [2.24, 2.45) is 0 Å². The van der Waals surface area contributed by atoms with Gasteiger partial charge in [0.15, 0.2) is 0 Å². The van der Waals surface area contributed by atoms with Gasteiger partial charge in [0.2, 0.25) is 5.78 Å². The predicted octanol–water partition coefficient (Wildman–Crippen LogP) is 2.09. The normalized spacial score (nSPS) is 10.1. The summed E-state index contributed by atoms with van der Waals surface area (Å²) < 4.78 is 8.77. The minimum Gasteiger partial charge on any atom is -0.497 e. The Hall–Kier alpha value is -1.75. The molecule has 0 aliphatic heterocycles. The highest BCUT2D eigenvalue weighted by atomic mass is 32.1. The summed E-state index contributed by atoms with van der Waals surface area (Å²) in [6.45, 7) is 1.88. The summed E-state index contributed by atoms with van der Waals surface area (Å²) in [5, 5.41) is 3.66. The lowest BCUT2D eigenvalue weighted by Gasteiger charge is -2.05. The molecule has 82 valence electrons. The van der Waals surface area contributed by atoms with Crippen molar-refractivity contribution in [1.82, 2.24) is 9.59 Å². The van der Waals surface area contributed by atoms with Crippen LogP contribution < -0.4 is 4.74 Å². The van der Waals surface area contributed by atoms with E-state index in [0.717, 1.165) is 22.8 Å². The average Bonchev–Trinajstić information content (AvgIpc) is 2.81. The van der Waals surface area contributed by atoms with Crippen molar-refractivity contribution in [3.8, 4) is 5.75 Å². The molecule has 2 aromatic rings. The number of rotatable bonds is 3. The Labute approximate surface area is 97.0 Å². The number of ketones is 1. The Morgan fingerprint density at radius 2 is 2.25 bits per heavy atom. The van der Waals surface area contributed by atoms with E-state index in [2.05, 4.69) is 9.59 Å². The van der Waals surface area contributed by atoms with Gasteiger partial charge in [-0.1, -0.05) is 4.49 Å². The van der Waals surface area contributed by atoms with Crippen molar-refractivity contribution in [1.29, 1.82) is 0 Å². The summed E-state index contributed by atoms with van der Waals surface area (Å²) in [6.07, 6.45) is 1.48. The quantitative estimate of drug-likeness (QED) is 0.763. The second-order valence-corrected chi connectivity index (χ2v) is 4.08. The van der Waals surface area contributed by atoms with Crippen molar-refractivity contribution >= 4 is 17.3 Å². The molecular formula is C11H10N2O2S. The van der Waals surface area contributed by atoms with Crippen molar-refractivity contribution in [2.75, 3.05) is 7.11 Å². The van der Waals surface area contributed by atoms with Crippen LogP contribution in [0.4, 0.5) is 0 Å². The Balaban J connectivity index is 2.38. The molecule has 0 saturated carbocycles. The maximum Gasteiger partial charge on any atom is 0.206 e. The Kier molecular flexibility index (Phi) is 2.96. The lowest BCUT2D eigenvalue weighted by molar-refractivity contribution is 0.104. The molecule has 1 aromatic heterocycles. The Morgan fingerprint density at radius 1 is 1.44 bits per heavy atom. The maximum absolute atomic E-state index is 12.0. The van der Waals surface area contributed by atoms with Gasteiger partial charge in [-0.25, -0.2) is 0 Å². The summed E-state index contributed by atoms with van der Waals surface area (Å²) in [4.78, 5) is 12.6. The second kappa shape index (κ2) is 4.40. The van der Waals surface area contributed by atoms with Crippen molar-refractivity contribution in [3.63, 3.8) is 0 Å². The number of hydrogen-bond donors (Lipinski definition) is 0. The van der Waals surface area contributed by atoms with Crippen LogP contribution in [0.3, 0.4) is 0 Å². The van der Waals surface area contributed by atoms with Crippen LogP contribution in [0.2, 0.25) is 0 Å². The topological polar surface area (TPSA) is 52.1 Å². The molecule has 0 atom stereocenters. The molecule has 0 saturated heterocycles. The van der Waals surface area contributed by atoms with Crippen LogP contribution in [0.1, 0.15) is 20.8 Å². The summed E-state index contributed by atoms with van der Waals surface area (Å²) in [5.41, 5.74) is 1.55. The van der Waals surface area contributed by atoms with Gasteiger partial charge in [0, 0.05) is 5.56 Å².